The highest BCUT2D eigenvalue weighted by molar-refractivity contribution is 7.99. The first kappa shape index (κ1) is 17.0. The molecule has 122 valence electrons. The van der Waals surface area contributed by atoms with E-state index in [1.165, 1.54) is 4.90 Å². The predicted octanol–water partition coefficient (Wildman–Crippen LogP) is 3.66. The molecule has 0 saturated heterocycles. The van der Waals surface area contributed by atoms with Crippen LogP contribution in [-0.4, -0.2) is 21.6 Å². The highest BCUT2D eigenvalue weighted by Gasteiger charge is 2.41. The molecule has 3 aromatic rings. The van der Waals surface area contributed by atoms with E-state index in [0.29, 0.717) is 5.94 Å². The number of thioether (sulfide) groups is 1. The fourth-order valence-corrected chi connectivity index (χ4v) is 6.54. The highest BCUT2D eigenvalue weighted by Crippen LogP contribution is 2.19. The number of benzene rings is 3. The monoisotopic (exact) mass is 352 g/mol. The molecule has 0 bridgehead atoms. The molecule has 0 aliphatic heterocycles. The SMILES string of the molecule is CO[Si](OCSc1ccccc1)(c1ccccc1)c1ccccc1. The van der Waals surface area contributed by atoms with Gasteiger partial charge >= 0.3 is 8.56 Å². The molecule has 0 aromatic heterocycles. The summed E-state index contributed by atoms with van der Waals surface area (Å²) < 4.78 is 12.5. The quantitative estimate of drug-likeness (QED) is 0.367. The van der Waals surface area contributed by atoms with Crippen LogP contribution in [0.1, 0.15) is 0 Å². The maximum absolute atomic E-state index is 6.43. The second-order valence-corrected chi connectivity index (χ2v) is 9.35. The normalized spacial score (nSPS) is 11.4. The Morgan fingerprint density at radius 2 is 1.17 bits per heavy atom. The molecule has 0 heterocycles. The fraction of sp³-hybridized carbons (Fsp3) is 0.100. The van der Waals surface area contributed by atoms with E-state index in [1.807, 2.05) is 54.6 Å². The lowest BCUT2D eigenvalue weighted by Gasteiger charge is -2.29. The van der Waals surface area contributed by atoms with Gasteiger partial charge in [0.15, 0.2) is 0 Å². The van der Waals surface area contributed by atoms with Crippen LogP contribution in [0.25, 0.3) is 0 Å². The topological polar surface area (TPSA) is 18.5 Å². The highest BCUT2D eigenvalue weighted by atomic mass is 32.2. The van der Waals surface area contributed by atoms with Gasteiger partial charge in [-0.05, 0) is 22.5 Å². The summed E-state index contributed by atoms with van der Waals surface area (Å²) in [5.41, 5.74) is 0. The van der Waals surface area contributed by atoms with Crippen molar-refractivity contribution in [3.8, 4) is 0 Å². The average molecular weight is 353 g/mol. The largest absolute Gasteiger partial charge is 0.407 e. The van der Waals surface area contributed by atoms with Crippen molar-refractivity contribution < 1.29 is 8.85 Å². The molecule has 0 atom stereocenters. The predicted molar refractivity (Wildman–Crippen MR) is 103 cm³/mol. The van der Waals surface area contributed by atoms with Crippen molar-refractivity contribution in [1.82, 2.24) is 0 Å². The van der Waals surface area contributed by atoms with Gasteiger partial charge < -0.3 is 8.85 Å². The summed E-state index contributed by atoms with van der Waals surface area (Å²) in [6, 6.07) is 30.8. The van der Waals surface area contributed by atoms with E-state index in [0.717, 1.165) is 10.4 Å². The first-order valence-corrected chi connectivity index (χ1v) is 10.6. The van der Waals surface area contributed by atoms with Crippen molar-refractivity contribution in [3.05, 3.63) is 91.0 Å². The molecular formula is C20H20O2SSi. The zero-order chi connectivity index (χ0) is 16.7. The van der Waals surface area contributed by atoms with Crippen molar-refractivity contribution in [2.24, 2.45) is 0 Å². The third-order valence-electron chi connectivity index (χ3n) is 3.83. The van der Waals surface area contributed by atoms with Crippen molar-refractivity contribution in [2.45, 2.75) is 4.90 Å². The second kappa shape index (κ2) is 8.31. The van der Waals surface area contributed by atoms with E-state index in [2.05, 4.69) is 36.4 Å². The van der Waals surface area contributed by atoms with E-state index >= 15 is 0 Å². The van der Waals surface area contributed by atoms with Crippen molar-refractivity contribution in [2.75, 3.05) is 13.0 Å². The first-order valence-electron chi connectivity index (χ1n) is 7.83. The Hall–Kier alpha value is -1.85. The summed E-state index contributed by atoms with van der Waals surface area (Å²) >= 11 is 1.68. The van der Waals surface area contributed by atoms with Gasteiger partial charge in [-0.15, -0.1) is 0 Å². The van der Waals surface area contributed by atoms with Crippen LogP contribution in [0.15, 0.2) is 95.9 Å². The van der Waals surface area contributed by atoms with Crippen molar-refractivity contribution >= 4 is 30.7 Å². The van der Waals surface area contributed by atoms with E-state index in [1.54, 1.807) is 18.9 Å². The van der Waals surface area contributed by atoms with Crippen LogP contribution in [0.3, 0.4) is 0 Å². The molecule has 0 unspecified atom stereocenters. The summed E-state index contributed by atoms with van der Waals surface area (Å²) in [6.45, 7) is 0. The molecule has 0 aliphatic carbocycles. The minimum Gasteiger partial charge on any atom is -0.391 e. The third kappa shape index (κ3) is 3.79. The Morgan fingerprint density at radius 1 is 0.708 bits per heavy atom. The zero-order valence-corrected chi connectivity index (χ0v) is 15.4. The Kier molecular flexibility index (Phi) is 5.88. The molecule has 0 fully saturated rings. The van der Waals surface area contributed by atoms with Gasteiger partial charge in [0, 0.05) is 12.0 Å². The Morgan fingerprint density at radius 3 is 1.62 bits per heavy atom. The number of hydrogen-bond acceptors (Lipinski definition) is 3. The third-order valence-corrected chi connectivity index (χ3v) is 8.19. The van der Waals surface area contributed by atoms with Crippen LogP contribution in [-0.2, 0) is 8.85 Å². The van der Waals surface area contributed by atoms with Gasteiger partial charge in [0.2, 0.25) is 0 Å². The van der Waals surface area contributed by atoms with E-state index in [9.17, 15) is 0 Å². The molecule has 4 heteroatoms. The molecule has 0 saturated carbocycles. The Labute approximate surface area is 148 Å². The van der Waals surface area contributed by atoms with Crippen LogP contribution >= 0.6 is 11.8 Å². The van der Waals surface area contributed by atoms with Crippen LogP contribution in [0.2, 0.25) is 0 Å². The molecular weight excluding hydrogens is 332 g/mol. The van der Waals surface area contributed by atoms with Crippen molar-refractivity contribution in [3.63, 3.8) is 0 Å². The molecule has 3 aromatic carbocycles. The summed E-state index contributed by atoms with van der Waals surface area (Å²) in [7, 11) is -0.947. The van der Waals surface area contributed by atoms with Gasteiger partial charge in [-0.25, -0.2) is 0 Å². The van der Waals surface area contributed by atoms with E-state index in [-0.39, 0.29) is 0 Å². The minimum atomic E-state index is -2.70. The molecule has 24 heavy (non-hydrogen) atoms. The van der Waals surface area contributed by atoms with Gasteiger partial charge in [0.25, 0.3) is 0 Å². The van der Waals surface area contributed by atoms with Crippen LogP contribution < -0.4 is 10.4 Å². The maximum Gasteiger partial charge on any atom is 0.407 e. The lowest BCUT2D eigenvalue weighted by atomic mass is 10.4. The molecule has 0 N–H and O–H groups in total. The second-order valence-electron chi connectivity index (χ2n) is 5.27. The van der Waals surface area contributed by atoms with Gasteiger partial charge in [-0.2, -0.15) is 0 Å². The first-order chi connectivity index (χ1) is 11.8. The summed E-state index contributed by atoms with van der Waals surface area (Å²) in [5.74, 6) is 0.549. The molecule has 0 aliphatic rings. The molecule has 0 spiro atoms. The fourth-order valence-electron chi connectivity index (χ4n) is 2.64. The summed E-state index contributed by atoms with van der Waals surface area (Å²) in [5, 5.41) is 2.24. The maximum atomic E-state index is 6.43. The van der Waals surface area contributed by atoms with Crippen LogP contribution in [0, 0.1) is 0 Å². The average Bonchev–Trinajstić information content (AvgIpc) is 2.68. The van der Waals surface area contributed by atoms with Crippen LogP contribution in [0.5, 0.6) is 0 Å². The Bertz CT molecular complexity index is 696. The van der Waals surface area contributed by atoms with E-state index < -0.39 is 8.56 Å². The molecule has 3 rings (SSSR count). The van der Waals surface area contributed by atoms with Crippen molar-refractivity contribution in [1.29, 1.82) is 0 Å². The summed E-state index contributed by atoms with van der Waals surface area (Å²) in [4.78, 5) is 1.19. The number of hydrogen-bond donors (Lipinski definition) is 0. The number of rotatable bonds is 7. The lowest BCUT2D eigenvalue weighted by molar-refractivity contribution is 0.262. The minimum absolute atomic E-state index is 0.549. The Balaban J connectivity index is 1.87. The van der Waals surface area contributed by atoms with Gasteiger partial charge in [-0.3, -0.25) is 0 Å². The van der Waals surface area contributed by atoms with Gasteiger partial charge in [-0.1, -0.05) is 90.6 Å². The lowest BCUT2D eigenvalue weighted by Crippen LogP contribution is -2.62. The zero-order valence-electron chi connectivity index (χ0n) is 13.6. The molecule has 0 radical (unpaired) electrons. The molecule has 2 nitrogen and oxygen atoms in total. The summed E-state index contributed by atoms with van der Waals surface area (Å²) in [6.07, 6.45) is 0. The smallest absolute Gasteiger partial charge is 0.391 e. The van der Waals surface area contributed by atoms with E-state index in [4.69, 9.17) is 8.85 Å². The molecule has 0 amide bonds. The standard InChI is InChI=1S/C20H20O2SSi/c1-21-24(19-13-7-3-8-14-19,20-15-9-4-10-16-20)22-17-23-18-11-5-2-6-12-18/h2-16H,17H2,1H3. The van der Waals surface area contributed by atoms with Crippen LogP contribution in [0.4, 0.5) is 0 Å². The van der Waals surface area contributed by atoms with Gasteiger partial charge in [0.1, 0.15) is 0 Å². The van der Waals surface area contributed by atoms with Gasteiger partial charge in [0.05, 0.1) is 5.94 Å².